The van der Waals surface area contributed by atoms with E-state index in [9.17, 15) is 14.9 Å². The predicted octanol–water partition coefficient (Wildman–Crippen LogP) is 2.82. The standard InChI is InChI=1S/C12H12ClNO3/c13-11-4-2-1-3-9(11)10-7-8(15)5-6-12(10)14(16)17/h1-4,10,12H,5-7H2/t10-,12+/m0/s1. The number of nitro groups is 1. The van der Waals surface area contributed by atoms with Gasteiger partial charge < -0.3 is 0 Å². The third-order valence-corrected chi connectivity index (χ3v) is 3.55. The summed E-state index contributed by atoms with van der Waals surface area (Å²) < 4.78 is 0. The summed E-state index contributed by atoms with van der Waals surface area (Å²) in [5.41, 5.74) is 0.712. The lowest BCUT2D eigenvalue weighted by atomic mass is 9.79. The molecule has 0 bridgehead atoms. The lowest BCUT2D eigenvalue weighted by molar-refractivity contribution is -0.528. The minimum atomic E-state index is -0.701. The molecule has 0 saturated heterocycles. The van der Waals surface area contributed by atoms with Crippen molar-refractivity contribution in [3.05, 3.63) is 45.0 Å². The Morgan fingerprint density at radius 2 is 2.06 bits per heavy atom. The van der Waals surface area contributed by atoms with Crippen LogP contribution in [0.4, 0.5) is 0 Å². The van der Waals surface area contributed by atoms with Gasteiger partial charge in [-0.3, -0.25) is 14.9 Å². The molecule has 0 radical (unpaired) electrons. The largest absolute Gasteiger partial charge is 0.300 e. The van der Waals surface area contributed by atoms with E-state index < -0.39 is 6.04 Å². The monoisotopic (exact) mass is 253 g/mol. The molecule has 0 amide bonds. The van der Waals surface area contributed by atoms with Gasteiger partial charge in [-0.1, -0.05) is 29.8 Å². The molecule has 17 heavy (non-hydrogen) atoms. The van der Waals surface area contributed by atoms with Gasteiger partial charge in [-0.05, 0) is 11.6 Å². The Bertz CT molecular complexity index is 461. The molecule has 0 aliphatic heterocycles. The molecule has 1 aliphatic carbocycles. The first-order chi connectivity index (χ1) is 8.09. The van der Waals surface area contributed by atoms with Crippen LogP contribution in [-0.2, 0) is 4.79 Å². The van der Waals surface area contributed by atoms with Gasteiger partial charge >= 0.3 is 0 Å². The number of benzene rings is 1. The van der Waals surface area contributed by atoms with Crippen LogP contribution < -0.4 is 0 Å². The van der Waals surface area contributed by atoms with Gasteiger partial charge in [-0.2, -0.15) is 0 Å². The van der Waals surface area contributed by atoms with Gasteiger partial charge in [0.25, 0.3) is 0 Å². The third kappa shape index (κ3) is 2.47. The zero-order chi connectivity index (χ0) is 12.4. The van der Waals surface area contributed by atoms with E-state index in [1.807, 2.05) is 0 Å². The molecule has 0 unspecified atom stereocenters. The van der Waals surface area contributed by atoms with Gasteiger partial charge in [0.1, 0.15) is 5.78 Å². The van der Waals surface area contributed by atoms with Crippen LogP contribution in [0.1, 0.15) is 30.7 Å². The minimum absolute atomic E-state index is 0.0769. The van der Waals surface area contributed by atoms with Gasteiger partial charge in [-0.25, -0.2) is 0 Å². The molecule has 1 aliphatic rings. The third-order valence-electron chi connectivity index (χ3n) is 3.21. The molecule has 90 valence electrons. The lowest BCUT2D eigenvalue weighted by Gasteiger charge is -2.25. The van der Waals surface area contributed by atoms with E-state index in [4.69, 9.17) is 11.6 Å². The van der Waals surface area contributed by atoms with Crippen molar-refractivity contribution in [2.24, 2.45) is 0 Å². The van der Waals surface area contributed by atoms with Crippen LogP contribution in [-0.4, -0.2) is 16.7 Å². The fourth-order valence-electron chi connectivity index (χ4n) is 2.34. The SMILES string of the molecule is O=C1CC[C@@H]([N+](=O)[O-])[C@H](c2ccccc2Cl)C1. The fraction of sp³-hybridized carbons (Fsp3) is 0.417. The maximum atomic E-state index is 11.5. The molecule has 2 atom stereocenters. The van der Waals surface area contributed by atoms with E-state index in [-0.39, 0.29) is 23.0 Å². The molecule has 0 aromatic heterocycles. The van der Waals surface area contributed by atoms with Crippen LogP contribution in [0.25, 0.3) is 0 Å². The maximum absolute atomic E-state index is 11.5. The summed E-state index contributed by atoms with van der Waals surface area (Å²) in [6.45, 7) is 0. The number of rotatable bonds is 2. The Kier molecular flexibility index (Phi) is 3.43. The Balaban J connectivity index is 2.35. The molecule has 1 fully saturated rings. The molecule has 0 spiro atoms. The summed E-state index contributed by atoms with van der Waals surface area (Å²) in [5, 5.41) is 11.5. The summed E-state index contributed by atoms with van der Waals surface area (Å²) >= 11 is 6.04. The van der Waals surface area contributed by atoms with Gasteiger partial charge in [-0.15, -0.1) is 0 Å². The predicted molar refractivity (Wildman–Crippen MR) is 63.8 cm³/mol. The van der Waals surface area contributed by atoms with Gasteiger partial charge in [0, 0.05) is 29.2 Å². The first kappa shape index (κ1) is 12.0. The quantitative estimate of drug-likeness (QED) is 0.601. The average Bonchev–Trinajstić information content (AvgIpc) is 2.29. The number of halogens is 1. The zero-order valence-corrected chi connectivity index (χ0v) is 9.89. The van der Waals surface area contributed by atoms with E-state index in [0.29, 0.717) is 23.4 Å². The van der Waals surface area contributed by atoms with Crippen molar-refractivity contribution in [3.63, 3.8) is 0 Å². The van der Waals surface area contributed by atoms with Gasteiger partial charge in [0.15, 0.2) is 0 Å². The lowest BCUT2D eigenvalue weighted by Crippen LogP contribution is -2.34. The van der Waals surface area contributed by atoms with Crippen LogP contribution >= 0.6 is 11.6 Å². The molecule has 1 aromatic carbocycles. The maximum Gasteiger partial charge on any atom is 0.220 e. The summed E-state index contributed by atoms with van der Waals surface area (Å²) in [6, 6.07) is 6.33. The van der Waals surface area contributed by atoms with Crippen LogP contribution in [0.3, 0.4) is 0 Å². The summed E-state index contributed by atoms with van der Waals surface area (Å²) in [7, 11) is 0. The Hall–Kier alpha value is -1.42. The Morgan fingerprint density at radius 1 is 1.35 bits per heavy atom. The second-order valence-electron chi connectivity index (χ2n) is 4.26. The number of nitrogens with zero attached hydrogens (tertiary/aromatic N) is 1. The van der Waals surface area contributed by atoms with Crippen molar-refractivity contribution < 1.29 is 9.72 Å². The molecule has 1 aromatic rings. The summed E-state index contributed by atoms with van der Waals surface area (Å²) in [5.74, 6) is -0.312. The van der Waals surface area contributed by atoms with Gasteiger partial charge in [0.05, 0.1) is 5.92 Å². The number of ketones is 1. The number of carbonyl (C=O) groups excluding carboxylic acids is 1. The molecule has 4 nitrogen and oxygen atoms in total. The Labute approximate surface area is 104 Å². The highest BCUT2D eigenvalue weighted by Crippen LogP contribution is 2.36. The average molecular weight is 254 g/mol. The molecular formula is C12H12ClNO3. The molecule has 1 saturated carbocycles. The van der Waals surface area contributed by atoms with Crippen molar-refractivity contribution in [3.8, 4) is 0 Å². The minimum Gasteiger partial charge on any atom is -0.300 e. The first-order valence-corrected chi connectivity index (χ1v) is 5.87. The summed E-state index contributed by atoms with van der Waals surface area (Å²) in [4.78, 5) is 22.2. The highest BCUT2D eigenvalue weighted by atomic mass is 35.5. The van der Waals surface area contributed by atoms with Crippen molar-refractivity contribution in [2.45, 2.75) is 31.2 Å². The van der Waals surface area contributed by atoms with Crippen LogP contribution in [0, 0.1) is 10.1 Å². The van der Waals surface area contributed by atoms with Crippen molar-refractivity contribution in [1.82, 2.24) is 0 Å². The number of hydrogen-bond donors (Lipinski definition) is 0. The normalized spacial score (nSPS) is 24.6. The van der Waals surface area contributed by atoms with Crippen molar-refractivity contribution in [2.75, 3.05) is 0 Å². The molecule has 5 heteroatoms. The number of Topliss-reactive ketones (excluding diaryl/α,β-unsaturated/α-hetero) is 1. The molecular weight excluding hydrogens is 242 g/mol. The second kappa shape index (κ2) is 4.84. The van der Waals surface area contributed by atoms with Gasteiger partial charge in [0.2, 0.25) is 6.04 Å². The highest BCUT2D eigenvalue weighted by Gasteiger charge is 2.39. The topological polar surface area (TPSA) is 60.2 Å². The van der Waals surface area contributed by atoms with E-state index in [2.05, 4.69) is 0 Å². The smallest absolute Gasteiger partial charge is 0.220 e. The number of hydrogen-bond acceptors (Lipinski definition) is 3. The van der Waals surface area contributed by atoms with E-state index in [0.717, 1.165) is 0 Å². The Morgan fingerprint density at radius 3 is 2.71 bits per heavy atom. The van der Waals surface area contributed by atoms with Crippen molar-refractivity contribution >= 4 is 17.4 Å². The summed E-state index contributed by atoms with van der Waals surface area (Å²) in [6.07, 6.45) is 0.823. The van der Waals surface area contributed by atoms with Crippen LogP contribution in [0.2, 0.25) is 5.02 Å². The molecule has 0 N–H and O–H groups in total. The highest BCUT2D eigenvalue weighted by molar-refractivity contribution is 6.31. The molecule has 2 rings (SSSR count). The van der Waals surface area contributed by atoms with E-state index in [1.165, 1.54) is 0 Å². The second-order valence-corrected chi connectivity index (χ2v) is 4.67. The van der Waals surface area contributed by atoms with E-state index >= 15 is 0 Å². The number of carbonyl (C=O) groups is 1. The zero-order valence-electron chi connectivity index (χ0n) is 9.14. The fourth-order valence-corrected chi connectivity index (χ4v) is 2.61. The molecule has 0 heterocycles. The first-order valence-electron chi connectivity index (χ1n) is 5.49. The van der Waals surface area contributed by atoms with Crippen LogP contribution in [0.5, 0.6) is 0 Å². The van der Waals surface area contributed by atoms with Crippen molar-refractivity contribution in [1.29, 1.82) is 0 Å². The van der Waals surface area contributed by atoms with Crippen LogP contribution in [0.15, 0.2) is 24.3 Å². The van der Waals surface area contributed by atoms with E-state index in [1.54, 1.807) is 24.3 Å².